The zero-order chi connectivity index (χ0) is 14.8. The smallest absolute Gasteiger partial charge is 0.324 e. The molecule has 0 saturated heterocycles. The third kappa shape index (κ3) is 3.34. The number of hydrogen-bond donors (Lipinski definition) is 1. The van der Waals surface area contributed by atoms with Gasteiger partial charge in [-0.25, -0.2) is 8.42 Å². The molecule has 0 unspecified atom stereocenters. The topological polar surface area (TPSA) is 89.3 Å². The molecule has 2 rings (SSSR count). The summed E-state index contributed by atoms with van der Waals surface area (Å²) >= 11 is 1.06. The standard InChI is InChI=1S/C12H12N2O4S2/c1-20(17,18)11-5-3-2-4-10(11)13-8-9-6-7-12(19-9)14(15)16/h2-7,13H,8H2,1H3. The van der Waals surface area contributed by atoms with Crippen molar-refractivity contribution < 1.29 is 13.3 Å². The van der Waals surface area contributed by atoms with Crippen LogP contribution in [0.25, 0.3) is 0 Å². The lowest BCUT2D eigenvalue weighted by molar-refractivity contribution is -0.380. The molecule has 0 atom stereocenters. The number of sulfone groups is 1. The molecule has 0 aliphatic rings. The van der Waals surface area contributed by atoms with E-state index in [-0.39, 0.29) is 9.90 Å². The van der Waals surface area contributed by atoms with Crippen LogP contribution in [0, 0.1) is 10.1 Å². The average molecular weight is 312 g/mol. The Morgan fingerprint density at radius 1 is 1.25 bits per heavy atom. The van der Waals surface area contributed by atoms with Crippen molar-refractivity contribution in [2.75, 3.05) is 11.6 Å². The molecule has 2 aromatic rings. The van der Waals surface area contributed by atoms with Crippen LogP contribution in [-0.4, -0.2) is 19.6 Å². The highest BCUT2D eigenvalue weighted by atomic mass is 32.2. The van der Waals surface area contributed by atoms with Crippen LogP contribution in [0.3, 0.4) is 0 Å². The van der Waals surface area contributed by atoms with Gasteiger partial charge < -0.3 is 5.32 Å². The summed E-state index contributed by atoms with van der Waals surface area (Å²) in [6.07, 6.45) is 1.14. The van der Waals surface area contributed by atoms with Gasteiger partial charge in [-0.15, -0.1) is 0 Å². The molecule has 0 spiro atoms. The number of nitrogens with one attached hydrogen (secondary N) is 1. The fraction of sp³-hybridized carbons (Fsp3) is 0.167. The Balaban J connectivity index is 2.17. The van der Waals surface area contributed by atoms with Gasteiger partial charge in [0.05, 0.1) is 15.5 Å². The summed E-state index contributed by atoms with van der Waals surface area (Å²) in [7, 11) is -3.31. The molecule has 6 nitrogen and oxygen atoms in total. The molecule has 0 bridgehead atoms. The maximum absolute atomic E-state index is 11.6. The maximum Gasteiger partial charge on any atom is 0.324 e. The molecule has 1 heterocycles. The van der Waals surface area contributed by atoms with Crippen LogP contribution in [0.4, 0.5) is 10.7 Å². The average Bonchev–Trinajstić information content (AvgIpc) is 2.84. The fourth-order valence-electron chi connectivity index (χ4n) is 1.68. The summed E-state index contributed by atoms with van der Waals surface area (Å²) in [5.74, 6) is 0. The zero-order valence-corrected chi connectivity index (χ0v) is 12.2. The van der Waals surface area contributed by atoms with Gasteiger partial charge in [-0.1, -0.05) is 23.5 Å². The van der Waals surface area contributed by atoms with E-state index >= 15 is 0 Å². The van der Waals surface area contributed by atoms with Crippen LogP contribution >= 0.6 is 11.3 Å². The van der Waals surface area contributed by atoms with Crippen molar-refractivity contribution in [1.29, 1.82) is 0 Å². The number of nitrogens with zero attached hydrogens (tertiary/aromatic N) is 1. The maximum atomic E-state index is 11.6. The van der Waals surface area contributed by atoms with Crippen LogP contribution < -0.4 is 5.32 Å². The summed E-state index contributed by atoms with van der Waals surface area (Å²) < 4.78 is 23.3. The van der Waals surface area contributed by atoms with Crippen LogP contribution in [-0.2, 0) is 16.4 Å². The molecular formula is C12H12N2O4S2. The van der Waals surface area contributed by atoms with Gasteiger partial charge >= 0.3 is 5.00 Å². The van der Waals surface area contributed by atoms with E-state index in [1.807, 2.05) is 0 Å². The Kier molecular flexibility index (Phi) is 4.05. The SMILES string of the molecule is CS(=O)(=O)c1ccccc1NCc1ccc([N+](=O)[O-])s1. The summed E-state index contributed by atoms with van der Waals surface area (Å²) in [6.45, 7) is 0.338. The van der Waals surface area contributed by atoms with Crippen LogP contribution in [0.2, 0.25) is 0 Å². The minimum Gasteiger partial charge on any atom is -0.379 e. The normalized spacial score (nSPS) is 11.2. The number of thiophene rings is 1. The van der Waals surface area contributed by atoms with Gasteiger partial charge in [0.15, 0.2) is 9.84 Å². The van der Waals surface area contributed by atoms with E-state index in [1.165, 1.54) is 12.1 Å². The van der Waals surface area contributed by atoms with Gasteiger partial charge in [0.1, 0.15) is 0 Å². The first-order valence-electron chi connectivity index (χ1n) is 5.64. The second kappa shape index (κ2) is 5.59. The van der Waals surface area contributed by atoms with Crippen LogP contribution in [0.1, 0.15) is 4.88 Å². The molecular weight excluding hydrogens is 300 g/mol. The molecule has 8 heteroatoms. The van der Waals surface area contributed by atoms with Gasteiger partial charge in [-0.05, 0) is 18.2 Å². The van der Waals surface area contributed by atoms with Crippen molar-refractivity contribution in [1.82, 2.24) is 0 Å². The Hall–Kier alpha value is -1.93. The van der Waals surface area contributed by atoms with Crippen molar-refractivity contribution in [3.05, 3.63) is 51.4 Å². The molecule has 0 amide bonds. The van der Waals surface area contributed by atoms with Gasteiger partial charge in [0.25, 0.3) is 0 Å². The molecule has 1 N–H and O–H groups in total. The lowest BCUT2D eigenvalue weighted by Crippen LogP contribution is -2.05. The second-order valence-corrected chi connectivity index (χ2v) is 7.25. The Labute approximate surface area is 120 Å². The summed E-state index contributed by atoms with van der Waals surface area (Å²) in [6, 6.07) is 9.65. The van der Waals surface area contributed by atoms with Gasteiger partial charge in [-0.2, -0.15) is 0 Å². The van der Waals surface area contributed by atoms with E-state index in [0.717, 1.165) is 22.5 Å². The molecule has 0 fully saturated rings. The predicted molar refractivity (Wildman–Crippen MR) is 77.9 cm³/mol. The van der Waals surface area contributed by atoms with Crippen molar-refractivity contribution in [2.45, 2.75) is 11.4 Å². The van der Waals surface area contributed by atoms with Gasteiger partial charge in [0.2, 0.25) is 0 Å². The van der Waals surface area contributed by atoms with Crippen LogP contribution in [0.5, 0.6) is 0 Å². The number of para-hydroxylation sites is 1. The van der Waals surface area contributed by atoms with Gasteiger partial charge in [-0.3, -0.25) is 10.1 Å². The highest BCUT2D eigenvalue weighted by molar-refractivity contribution is 7.90. The summed E-state index contributed by atoms with van der Waals surface area (Å²) in [4.78, 5) is 11.1. The van der Waals surface area contributed by atoms with Gasteiger partial charge in [0, 0.05) is 23.7 Å². The van der Waals surface area contributed by atoms with Crippen molar-refractivity contribution in [2.24, 2.45) is 0 Å². The summed E-state index contributed by atoms with van der Waals surface area (Å²) in [5, 5.41) is 13.7. The molecule has 1 aromatic heterocycles. The molecule has 0 radical (unpaired) electrons. The van der Waals surface area contributed by atoms with E-state index in [4.69, 9.17) is 0 Å². The molecule has 106 valence electrons. The largest absolute Gasteiger partial charge is 0.379 e. The van der Waals surface area contributed by atoms with Crippen molar-refractivity contribution in [3.8, 4) is 0 Å². The highest BCUT2D eigenvalue weighted by Gasteiger charge is 2.13. The fourth-order valence-corrected chi connectivity index (χ4v) is 3.30. The molecule has 0 aliphatic carbocycles. The number of benzene rings is 1. The Morgan fingerprint density at radius 3 is 2.55 bits per heavy atom. The van der Waals surface area contributed by atoms with Crippen molar-refractivity contribution >= 4 is 31.9 Å². The van der Waals surface area contributed by atoms with E-state index in [9.17, 15) is 18.5 Å². The van der Waals surface area contributed by atoms with Crippen molar-refractivity contribution in [3.63, 3.8) is 0 Å². The zero-order valence-electron chi connectivity index (χ0n) is 10.6. The van der Waals surface area contributed by atoms with E-state index in [2.05, 4.69) is 5.32 Å². The first-order chi connectivity index (χ1) is 9.38. The first-order valence-corrected chi connectivity index (χ1v) is 8.35. The van der Waals surface area contributed by atoms with E-state index in [0.29, 0.717) is 12.2 Å². The van der Waals surface area contributed by atoms with E-state index in [1.54, 1.807) is 24.3 Å². The highest BCUT2D eigenvalue weighted by Crippen LogP contribution is 2.26. The monoisotopic (exact) mass is 312 g/mol. The molecule has 0 aliphatic heterocycles. The predicted octanol–water partition coefficient (Wildman–Crippen LogP) is 2.67. The second-order valence-electron chi connectivity index (χ2n) is 4.12. The van der Waals surface area contributed by atoms with Crippen LogP contribution in [0.15, 0.2) is 41.3 Å². The quantitative estimate of drug-likeness (QED) is 0.677. The number of rotatable bonds is 5. The lowest BCUT2D eigenvalue weighted by atomic mass is 10.3. The number of nitro groups is 1. The minimum absolute atomic E-state index is 0.0678. The molecule has 20 heavy (non-hydrogen) atoms. The third-order valence-corrected chi connectivity index (χ3v) is 4.76. The lowest BCUT2D eigenvalue weighted by Gasteiger charge is -2.09. The van der Waals surface area contributed by atoms with E-state index < -0.39 is 14.8 Å². The summed E-state index contributed by atoms with van der Waals surface area (Å²) in [5.41, 5.74) is 0.492. The Bertz CT molecular complexity index is 737. The third-order valence-electron chi connectivity index (χ3n) is 2.57. The molecule has 1 aromatic carbocycles. The number of hydrogen-bond acceptors (Lipinski definition) is 6. The Morgan fingerprint density at radius 2 is 1.95 bits per heavy atom. The first kappa shape index (κ1) is 14.5. The minimum atomic E-state index is -3.31. The molecule has 0 saturated carbocycles. The number of anilines is 1.